The maximum Gasteiger partial charge on any atom is 0.151 e. The van der Waals surface area contributed by atoms with E-state index in [1.165, 1.54) is 64.0 Å². The molecule has 2 atom stereocenters. The van der Waals surface area contributed by atoms with Gasteiger partial charge in [-0.3, -0.25) is 0 Å². The highest BCUT2D eigenvalue weighted by atomic mass is 32.2. The number of hydrogen-bond donors (Lipinski definition) is 1. The Hall–Kier alpha value is -0.0900. The van der Waals surface area contributed by atoms with Gasteiger partial charge in [0.2, 0.25) is 0 Å². The van der Waals surface area contributed by atoms with Crippen LogP contribution in [0.1, 0.15) is 84.5 Å². The van der Waals surface area contributed by atoms with Gasteiger partial charge in [-0.1, -0.05) is 71.1 Å². The van der Waals surface area contributed by atoms with Crippen LogP contribution in [0.5, 0.6) is 0 Å². The van der Waals surface area contributed by atoms with E-state index in [-0.39, 0.29) is 11.3 Å². The fraction of sp³-hybridized carbons (Fsp3) is 1.00. The van der Waals surface area contributed by atoms with Crippen molar-refractivity contribution in [2.45, 2.75) is 95.8 Å². The first-order valence-electron chi connectivity index (χ1n) is 8.79. The Bertz CT molecular complexity index is 328. The third-order valence-corrected chi connectivity index (χ3v) is 6.16. The molecule has 128 valence electrons. The van der Waals surface area contributed by atoms with Crippen molar-refractivity contribution in [1.82, 2.24) is 5.32 Å². The van der Waals surface area contributed by atoms with Gasteiger partial charge in [-0.2, -0.15) is 0 Å². The van der Waals surface area contributed by atoms with Crippen LogP contribution in [-0.4, -0.2) is 33.0 Å². The van der Waals surface area contributed by atoms with Crippen molar-refractivity contribution >= 4 is 9.84 Å². The topological polar surface area (TPSA) is 46.2 Å². The Kier molecular flexibility index (Phi) is 12.4. The third-order valence-electron chi connectivity index (χ3n) is 4.48. The van der Waals surface area contributed by atoms with E-state index in [1.807, 2.05) is 14.0 Å². The lowest BCUT2D eigenvalue weighted by atomic mass is 10.0. The Morgan fingerprint density at radius 1 is 0.857 bits per heavy atom. The molecule has 4 heteroatoms. The minimum Gasteiger partial charge on any atom is -0.316 e. The van der Waals surface area contributed by atoms with Crippen LogP contribution in [0.15, 0.2) is 0 Å². The van der Waals surface area contributed by atoms with E-state index in [4.69, 9.17) is 0 Å². The molecule has 0 spiro atoms. The Labute approximate surface area is 133 Å². The first-order valence-corrected chi connectivity index (χ1v) is 10.7. The normalized spacial score (nSPS) is 15.0. The highest BCUT2D eigenvalue weighted by Crippen LogP contribution is 2.14. The molecule has 0 aromatic rings. The monoisotopic (exact) mass is 319 g/mol. The maximum atomic E-state index is 11.6. The van der Waals surface area contributed by atoms with Crippen LogP contribution in [0.4, 0.5) is 0 Å². The lowest BCUT2D eigenvalue weighted by Gasteiger charge is -2.22. The van der Waals surface area contributed by atoms with Gasteiger partial charge in [-0.15, -0.1) is 0 Å². The van der Waals surface area contributed by atoms with Crippen molar-refractivity contribution in [1.29, 1.82) is 0 Å². The van der Waals surface area contributed by atoms with Gasteiger partial charge in [-0.25, -0.2) is 8.42 Å². The van der Waals surface area contributed by atoms with Crippen molar-refractivity contribution in [2.24, 2.45) is 0 Å². The van der Waals surface area contributed by atoms with Gasteiger partial charge in [0.15, 0.2) is 9.84 Å². The molecule has 0 aliphatic rings. The van der Waals surface area contributed by atoms with Gasteiger partial charge in [0, 0.05) is 12.3 Å². The van der Waals surface area contributed by atoms with Crippen molar-refractivity contribution in [2.75, 3.05) is 13.3 Å². The molecule has 21 heavy (non-hydrogen) atoms. The van der Waals surface area contributed by atoms with Crippen LogP contribution in [0.3, 0.4) is 0 Å². The summed E-state index contributed by atoms with van der Waals surface area (Å²) >= 11 is 0. The first-order chi connectivity index (χ1) is 9.93. The van der Waals surface area contributed by atoms with Crippen molar-refractivity contribution in [3.05, 3.63) is 0 Å². The molecule has 0 aliphatic carbocycles. The molecule has 0 aromatic carbocycles. The second-order valence-electron chi connectivity index (χ2n) is 6.40. The maximum absolute atomic E-state index is 11.6. The lowest BCUT2D eigenvalue weighted by molar-refractivity contribution is 0.461. The second-order valence-corrected chi connectivity index (χ2v) is 8.80. The number of unbranched alkanes of at least 4 members (excludes halogenated alkanes) is 9. The van der Waals surface area contributed by atoms with Crippen molar-refractivity contribution < 1.29 is 8.42 Å². The number of nitrogens with one attached hydrogen (secondary N) is 1. The van der Waals surface area contributed by atoms with E-state index in [0.717, 1.165) is 12.8 Å². The highest BCUT2D eigenvalue weighted by Gasteiger charge is 2.23. The van der Waals surface area contributed by atoms with Crippen LogP contribution in [0, 0.1) is 0 Å². The lowest BCUT2D eigenvalue weighted by Crippen LogP contribution is -2.40. The van der Waals surface area contributed by atoms with E-state index >= 15 is 0 Å². The van der Waals surface area contributed by atoms with Gasteiger partial charge < -0.3 is 5.32 Å². The highest BCUT2D eigenvalue weighted by molar-refractivity contribution is 7.91. The second kappa shape index (κ2) is 12.5. The van der Waals surface area contributed by atoms with E-state index in [9.17, 15) is 8.42 Å². The Morgan fingerprint density at radius 2 is 1.29 bits per heavy atom. The van der Waals surface area contributed by atoms with Crippen molar-refractivity contribution in [3.63, 3.8) is 0 Å². The minimum absolute atomic E-state index is 0.0917. The molecule has 2 unspecified atom stereocenters. The fourth-order valence-corrected chi connectivity index (χ4v) is 3.63. The predicted molar refractivity (Wildman–Crippen MR) is 93.6 cm³/mol. The standard InChI is InChI=1S/C17H37NO2S/c1-5-6-7-8-9-10-11-12-13-14-15-17(18-3)16(2)21(4,19)20/h16-18H,5-15H2,1-4H3. The average molecular weight is 320 g/mol. The van der Waals surface area contributed by atoms with Gasteiger partial charge in [0.05, 0.1) is 5.25 Å². The molecule has 0 bridgehead atoms. The Morgan fingerprint density at radius 3 is 1.67 bits per heavy atom. The fourth-order valence-electron chi connectivity index (χ4n) is 2.76. The number of rotatable bonds is 14. The van der Waals surface area contributed by atoms with E-state index in [0.29, 0.717) is 0 Å². The minimum atomic E-state index is -2.94. The summed E-state index contributed by atoms with van der Waals surface area (Å²) in [5.74, 6) is 0. The number of sulfone groups is 1. The molecule has 3 nitrogen and oxygen atoms in total. The number of hydrogen-bond acceptors (Lipinski definition) is 3. The van der Waals surface area contributed by atoms with Crippen LogP contribution in [-0.2, 0) is 9.84 Å². The summed E-state index contributed by atoms with van der Waals surface area (Å²) in [7, 11) is -1.08. The average Bonchev–Trinajstić information content (AvgIpc) is 2.43. The summed E-state index contributed by atoms with van der Waals surface area (Å²) in [6, 6.07) is 0.0917. The van der Waals surface area contributed by atoms with Crippen LogP contribution in [0.2, 0.25) is 0 Å². The molecule has 0 radical (unpaired) electrons. The van der Waals surface area contributed by atoms with E-state index < -0.39 is 9.84 Å². The van der Waals surface area contributed by atoms with Crippen LogP contribution < -0.4 is 5.32 Å². The van der Waals surface area contributed by atoms with E-state index in [1.54, 1.807) is 0 Å². The molecule has 0 saturated heterocycles. The first kappa shape index (κ1) is 20.9. The molecule has 1 N–H and O–H groups in total. The molecule has 0 fully saturated rings. The summed E-state index contributed by atoms with van der Waals surface area (Å²) in [6.07, 6.45) is 15.5. The molecule has 0 saturated carbocycles. The molecule has 0 aromatic heterocycles. The van der Waals surface area contributed by atoms with Crippen LogP contribution >= 0.6 is 0 Å². The van der Waals surface area contributed by atoms with Gasteiger partial charge in [0.1, 0.15) is 0 Å². The molecule has 0 amide bonds. The van der Waals surface area contributed by atoms with Crippen molar-refractivity contribution in [3.8, 4) is 0 Å². The quantitative estimate of drug-likeness (QED) is 0.485. The van der Waals surface area contributed by atoms with Gasteiger partial charge in [0.25, 0.3) is 0 Å². The van der Waals surface area contributed by atoms with E-state index in [2.05, 4.69) is 12.2 Å². The predicted octanol–water partition coefficient (Wildman–Crippen LogP) is 4.32. The molecule has 0 heterocycles. The molecular weight excluding hydrogens is 282 g/mol. The van der Waals surface area contributed by atoms with Crippen LogP contribution in [0.25, 0.3) is 0 Å². The largest absolute Gasteiger partial charge is 0.316 e. The summed E-state index contributed by atoms with van der Waals surface area (Å²) in [5.41, 5.74) is 0. The zero-order valence-electron chi connectivity index (χ0n) is 14.7. The SMILES string of the molecule is CCCCCCCCCCCCC(NC)C(C)S(C)(=O)=O. The zero-order valence-corrected chi connectivity index (χ0v) is 15.5. The Balaban J connectivity index is 3.56. The summed E-state index contributed by atoms with van der Waals surface area (Å²) in [5, 5.41) is 2.87. The molecule has 0 rings (SSSR count). The van der Waals surface area contributed by atoms with Gasteiger partial charge >= 0.3 is 0 Å². The molecular formula is C17H37NO2S. The zero-order chi connectivity index (χ0) is 16.1. The third kappa shape index (κ3) is 11.2. The summed E-state index contributed by atoms with van der Waals surface area (Å²) in [4.78, 5) is 0. The summed E-state index contributed by atoms with van der Waals surface area (Å²) in [6.45, 7) is 4.07. The van der Waals surface area contributed by atoms with Gasteiger partial charge in [-0.05, 0) is 20.4 Å². The molecule has 0 aliphatic heterocycles. The smallest absolute Gasteiger partial charge is 0.151 e. The summed E-state index contributed by atoms with van der Waals surface area (Å²) < 4.78 is 23.1.